The average Bonchev–Trinajstić information content (AvgIpc) is 2.79. The summed E-state index contributed by atoms with van der Waals surface area (Å²) in [5.41, 5.74) is 0.0736. The highest BCUT2D eigenvalue weighted by Gasteiger charge is 2.21. The molecule has 9 heteroatoms. The lowest BCUT2D eigenvalue weighted by molar-refractivity contribution is 0.0696. The van der Waals surface area contributed by atoms with Gasteiger partial charge in [0.2, 0.25) is 0 Å². The van der Waals surface area contributed by atoms with Gasteiger partial charge in [-0.1, -0.05) is 11.6 Å². The number of carboxylic acid groups (broad SMARTS) is 1. The predicted molar refractivity (Wildman–Crippen MR) is 91.3 cm³/mol. The van der Waals surface area contributed by atoms with Crippen molar-refractivity contribution in [2.24, 2.45) is 0 Å². The van der Waals surface area contributed by atoms with Crippen LogP contribution in [0.2, 0.25) is 5.02 Å². The minimum atomic E-state index is -4.08. The lowest BCUT2D eigenvalue weighted by Crippen LogP contribution is -2.14. The van der Waals surface area contributed by atoms with E-state index in [-0.39, 0.29) is 21.2 Å². The van der Waals surface area contributed by atoms with Gasteiger partial charge in [0.15, 0.2) is 11.5 Å². The minimum absolute atomic E-state index is 0.0770. The fourth-order valence-electron chi connectivity index (χ4n) is 2.28. The molecule has 0 saturated heterocycles. The molecule has 25 heavy (non-hydrogen) atoms. The summed E-state index contributed by atoms with van der Waals surface area (Å²) in [5.74, 6) is -0.280. The van der Waals surface area contributed by atoms with Gasteiger partial charge in [-0.3, -0.25) is 4.72 Å². The van der Waals surface area contributed by atoms with Gasteiger partial charge in [0.1, 0.15) is 4.90 Å². The smallest absolute Gasteiger partial charge is 0.335 e. The van der Waals surface area contributed by atoms with Crippen LogP contribution >= 0.6 is 11.6 Å². The molecule has 7 nitrogen and oxygen atoms in total. The van der Waals surface area contributed by atoms with E-state index in [1.165, 1.54) is 24.3 Å². The van der Waals surface area contributed by atoms with Crippen molar-refractivity contribution in [3.8, 4) is 11.5 Å². The molecule has 0 saturated carbocycles. The Kier molecular flexibility index (Phi) is 4.73. The summed E-state index contributed by atoms with van der Waals surface area (Å²) in [6, 6.07) is 8.11. The molecule has 132 valence electrons. The van der Waals surface area contributed by atoms with Crippen LogP contribution in [0.15, 0.2) is 41.3 Å². The van der Waals surface area contributed by atoms with Crippen LogP contribution in [0.4, 0.5) is 5.69 Å². The maximum absolute atomic E-state index is 12.6. The number of hydrogen-bond donors (Lipinski definition) is 2. The van der Waals surface area contributed by atoms with Crippen LogP contribution < -0.4 is 14.2 Å². The molecule has 0 unspecified atom stereocenters. The first kappa shape index (κ1) is 17.4. The van der Waals surface area contributed by atoms with Crippen molar-refractivity contribution in [2.75, 3.05) is 17.9 Å². The van der Waals surface area contributed by atoms with Gasteiger partial charge in [-0.15, -0.1) is 0 Å². The lowest BCUT2D eigenvalue weighted by Gasteiger charge is -2.12. The first-order valence-electron chi connectivity index (χ1n) is 7.32. The van der Waals surface area contributed by atoms with Crippen LogP contribution in [0, 0.1) is 0 Å². The molecule has 2 aromatic rings. The van der Waals surface area contributed by atoms with Gasteiger partial charge < -0.3 is 14.6 Å². The molecule has 3 rings (SSSR count). The highest BCUT2D eigenvalue weighted by atomic mass is 35.5. The Balaban J connectivity index is 1.93. The zero-order chi connectivity index (χ0) is 18.0. The average molecular weight is 384 g/mol. The van der Waals surface area contributed by atoms with E-state index >= 15 is 0 Å². The summed E-state index contributed by atoms with van der Waals surface area (Å²) in [6.45, 7) is 0.991. The van der Waals surface area contributed by atoms with Crippen LogP contribution in [-0.2, 0) is 10.0 Å². The van der Waals surface area contributed by atoms with E-state index in [1.54, 1.807) is 6.07 Å². The number of ether oxygens (including phenoxy) is 2. The van der Waals surface area contributed by atoms with Gasteiger partial charge in [-0.2, -0.15) is 0 Å². The van der Waals surface area contributed by atoms with Gasteiger partial charge >= 0.3 is 5.97 Å². The Bertz CT molecular complexity index is 928. The molecular weight excluding hydrogens is 370 g/mol. The van der Waals surface area contributed by atoms with Crippen LogP contribution in [-0.4, -0.2) is 32.7 Å². The standard InChI is InChI=1S/C16H14ClNO6S/c17-12-4-2-10(16(19)20)8-15(12)25(21,22)18-11-3-5-13-14(9-11)24-7-1-6-23-13/h2-5,8-9,18H,1,6-7H2,(H,19,20). The van der Waals surface area contributed by atoms with Gasteiger partial charge in [-0.05, 0) is 30.3 Å². The quantitative estimate of drug-likeness (QED) is 0.841. The van der Waals surface area contributed by atoms with Crippen molar-refractivity contribution in [2.45, 2.75) is 11.3 Å². The topological polar surface area (TPSA) is 102 Å². The number of rotatable bonds is 4. The third-order valence-electron chi connectivity index (χ3n) is 3.47. The highest BCUT2D eigenvalue weighted by molar-refractivity contribution is 7.92. The minimum Gasteiger partial charge on any atom is -0.490 e. The maximum Gasteiger partial charge on any atom is 0.335 e. The van der Waals surface area contributed by atoms with Gasteiger partial charge in [0.25, 0.3) is 10.0 Å². The molecule has 0 spiro atoms. The number of sulfonamides is 1. The summed E-state index contributed by atoms with van der Waals surface area (Å²) in [4.78, 5) is 10.7. The zero-order valence-corrected chi connectivity index (χ0v) is 14.4. The molecule has 0 fully saturated rings. The molecule has 0 radical (unpaired) electrons. The molecule has 0 amide bonds. The predicted octanol–water partition coefficient (Wildman–Crippen LogP) is 3.00. The molecular formula is C16H14ClNO6S. The second kappa shape index (κ2) is 6.81. The van der Waals surface area contributed by atoms with Crippen LogP contribution in [0.25, 0.3) is 0 Å². The molecule has 0 bridgehead atoms. The van der Waals surface area contributed by atoms with E-state index in [2.05, 4.69) is 4.72 Å². The zero-order valence-electron chi connectivity index (χ0n) is 12.9. The van der Waals surface area contributed by atoms with E-state index in [9.17, 15) is 13.2 Å². The van der Waals surface area contributed by atoms with E-state index in [0.717, 1.165) is 12.5 Å². The number of halogens is 1. The first-order chi connectivity index (χ1) is 11.9. The van der Waals surface area contributed by atoms with Gasteiger partial charge in [0.05, 0.1) is 29.5 Å². The fraction of sp³-hybridized carbons (Fsp3) is 0.188. The Labute approximate surface area is 149 Å². The van der Waals surface area contributed by atoms with Crippen molar-refractivity contribution < 1.29 is 27.8 Å². The van der Waals surface area contributed by atoms with E-state index in [1.807, 2.05) is 0 Å². The lowest BCUT2D eigenvalue weighted by atomic mass is 10.2. The number of fused-ring (bicyclic) bond motifs is 1. The third-order valence-corrected chi connectivity index (χ3v) is 5.33. The second-order valence-corrected chi connectivity index (χ2v) is 7.33. The van der Waals surface area contributed by atoms with Crippen molar-refractivity contribution in [1.29, 1.82) is 0 Å². The monoisotopic (exact) mass is 383 g/mol. The molecule has 1 aliphatic rings. The molecule has 1 aliphatic heterocycles. The number of hydrogen-bond acceptors (Lipinski definition) is 5. The normalized spacial score (nSPS) is 13.8. The summed E-state index contributed by atoms with van der Waals surface area (Å²) in [7, 11) is -4.08. The Morgan fingerprint density at radius 3 is 2.52 bits per heavy atom. The molecule has 0 aliphatic carbocycles. The highest BCUT2D eigenvalue weighted by Crippen LogP contribution is 2.33. The number of carbonyl (C=O) groups is 1. The Morgan fingerprint density at radius 2 is 1.80 bits per heavy atom. The number of anilines is 1. The van der Waals surface area contributed by atoms with Crippen molar-refractivity contribution >= 4 is 33.3 Å². The number of nitrogens with one attached hydrogen (secondary N) is 1. The summed E-state index contributed by atoms with van der Waals surface area (Å²) in [5, 5.41) is 8.95. The Morgan fingerprint density at radius 1 is 1.08 bits per heavy atom. The van der Waals surface area contributed by atoms with Crippen molar-refractivity contribution in [1.82, 2.24) is 0 Å². The SMILES string of the molecule is O=C(O)c1ccc(Cl)c(S(=O)(=O)Nc2ccc3c(c2)OCCCO3)c1. The van der Waals surface area contributed by atoms with Crippen LogP contribution in [0.5, 0.6) is 11.5 Å². The van der Waals surface area contributed by atoms with E-state index in [4.69, 9.17) is 26.2 Å². The first-order valence-corrected chi connectivity index (χ1v) is 9.18. The number of carboxylic acids is 1. The van der Waals surface area contributed by atoms with Crippen molar-refractivity contribution in [3.63, 3.8) is 0 Å². The Hall–Kier alpha value is -2.45. The molecule has 2 aromatic carbocycles. The second-order valence-electron chi connectivity index (χ2n) is 5.27. The van der Waals surface area contributed by atoms with Crippen molar-refractivity contribution in [3.05, 3.63) is 47.0 Å². The molecule has 1 heterocycles. The molecule has 0 atom stereocenters. The van der Waals surface area contributed by atoms with Gasteiger partial charge in [0, 0.05) is 12.5 Å². The van der Waals surface area contributed by atoms with Crippen LogP contribution in [0.1, 0.15) is 16.8 Å². The molecule has 2 N–H and O–H groups in total. The maximum atomic E-state index is 12.6. The third kappa shape index (κ3) is 3.80. The molecule has 0 aromatic heterocycles. The number of aromatic carboxylic acids is 1. The fourth-order valence-corrected chi connectivity index (χ4v) is 3.86. The van der Waals surface area contributed by atoms with E-state index in [0.29, 0.717) is 24.7 Å². The summed E-state index contributed by atoms with van der Waals surface area (Å²) >= 11 is 5.93. The van der Waals surface area contributed by atoms with E-state index < -0.39 is 16.0 Å². The van der Waals surface area contributed by atoms with Crippen LogP contribution in [0.3, 0.4) is 0 Å². The number of benzene rings is 2. The largest absolute Gasteiger partial charge is 0.490 e. The summed E-state index contributed by atoms with van der Waals surface area (Å²) in [6.07, 6.45) is 0.729. The van der Waals surface area contributed by atoms with Gasteiger partial charge in [-0.25, -0.2) is 13.2 Å². The summed E-state index contributed by atoms with van der Waals surface area (Å²) < 4.78 is 38.5.